The molecule has 0 unspecified atom stereocenters. The summed E-state index contributed by atoms with van der Waals surface area (Å²) in [6, 6.07) is 9.72. The number of ether oxygens (including phenoxy) is 1. The summed E-state index contributed by atoms with van der Waals surface area (Å²) in [5, 5.41) is 6.00. The number of anilines is 1. The highest BCUT2D eigenvalue weighted by molar-refractivity contribution is 8.18. The summed E-state index contributed by atoms with van der Waals surface area (Å²) >= 11 is 0.857. The van der Waals surface area contributed by atoms with Gasteiger partial charge in [-0.2, -0.15) is 0 Å². The van der Waals surface area contributed by atoms with E-state index in [-0.39, 0.29) is 5.24 Å². The lowest BCUT2D eigenvalue weighted by atomic mass is 10.1. The number of nitrogens with one attached hydrogen (secondary N) is 2. The van der Waals surface area contributed by atoms with Crippen molar-refractivity contribution in [2.45, 2.75) is 6.42 Å². The number of methoxy groups -OCH3 is 1. The lowest BCUT2D eigenvalue weighted by Gasteiger charge is -2.07. The minimum Gasteiger partial charge on any atom is -0.497 e. The van der Waals surface area contributed by atoms with Crippen LogP contribution in [0.25, 0.3) is 17.0 Å². The maximum atomic E-state index is 11.7. The van der Waals surface area contributed by atoms with Crippen molar-refractivity contribution in [2.24, 2.45) is 0 Å². The van der Waals surface area contributed by atoms with Gasteiger partial charge < -0.3 is 14.5 Å². The topological polar surface area (TPSA) is 93.5 Å². The number of fused-ring (bicyclic) bond motifs is 1. The predicted molar refractivity (Wildman–Crippen MR) is 108 cm³/mol. The van der Waals surface area contributed by atoms with Gasteiger partial charge in [0.25, 0.3) is 11.1 Å². The van der Waals surface area contributed by atoms with Gasteiger partial charge in [0.2, 0.25) is 0 Å². The van der Waals surface area contributed by atoms with E-state index in [9.17, 15) is 9.59 Å². The van der Waals surface area contributed by atoms with Gasteiger partial charge >= 0.3 is 0 Å². The molecular weight excluding hydrogens is 378 g/mol. The first-order chi connectivity index (χ1) is 13.6. The maximum Gasteiger partial charge on any atom is 0.290 e. The second kappa shape index (κ2) is 7.77. The van der Waals surface area contributed by atoms with E-state index >= 15 is 0 Å². The van der Waals surface area contributed by atoms with Crippen molar-refractivity contribution in [1.82, 2.24) is 10.3 Å². The van der Waals surface area contributed by atoms with Crippen LogP contribution in [-0.4, -0.2) is 29.8 Å². The van der Waals surface area contributed by atoms with Gasteiger partial charge in [-0.1, -0.05) is 12.1 Å². The Morgan fingerprint density at radius 3 is 2.96 bits per heavy atom. The third kappa shape index (κ3) is 3.86. The van der Waals surface area contributed by atoms with Crippen LogP contribution in [-0.2, 0) is 11.2 Å². The Morgan fingerprint density at radius 2 is 2.18 bits per heavy atom. The first-order valence-electron chi connectivity index (χ1n) is 8.61. The van der Waals surface area contributed by atoms with Crippen LogP contribution in [0.3, 0.4) is 0 Å². The lowest BCUT2D eigenvalue weighted by Crippen LogP contribution is -2.17. The molecular formula is C20H17N3O4S. The number of furan rings is 1. The smallest absolute Gasteiger partial charge is 0.290 e. The summed E-state index contributed by atoms with van der Waals surface area (Å²) in [4.78, 5) is 27.5. The van der Waals surface area contributed by atoms with E-state index in [4.69, 9.17) is 9.15 Å². The Morgan fingerprint density at radius 1 is 1.29 bits per heavy atom. The second-order valence-corrected chi connectivity index (χ2v) is 7.15. The Labute approximate surface area is 165 Å². The molecule has 7 nitrogen and oxygen atoms in total. The van der Waals surface area contributed by atoms with Gasteiger partial charge in [-0.05, 0) is 41.9 Å². The molecule has 2 amide bonds. The molecule has 0 saturated carbocycles. The summed E-state index contributed by atoms with van der Waals surface area (Å²) in [6.07, 6.45) is 5.77. The van der Waals surface area contributed by atoms with Crippen LogP contribution in [0, 0.1) is 0 Å². The van der Waals surface area contributed by atoms with E-state index < -0.39 is 5.91 Å². The summed E-state index contributed by atoms with van der Waals surface area (Å²) in [5.74, 6) is 0.911. The van der Waals surface area contributed by atoms with E-state index in [1.807, 2.05) is 24.3 Å². The summed E-state index contributed by atoms with van der Waals surface area (Å²) in [5.41, 5.74) is 2.58. The van der Waals surface area contributed by atoms with Gasteiger partial charge in [0.15, 0.2) is 5.58 Å². The van der Waals surface area contributed by atoms with Gasteiger partial charge in [0.05, 0.1) is 23.9 Å². The van der Waals surface area contributed by atoms with Crippen molar-refractivity contribution in [2.75, 3.05) is 19.0 Å². The minimum atomic E-state index is -0.412. The SMILES string of the molecule is COc1cccc(CCNc2cncc3cc(/C=C4\SC(=O)NC4=O)oc23)c1. The number of amides is 2. The van der Waals surface area contributed by atoms with Crippen LogP contribution < -0.4 is 15.4 Å². The van der Waals surface area contributed by atoms with Crippen LogP contribution in [0.1, 0.15) is 11.3 Å². The zero-order valence-electron chi connectivity index (χ0n) is 15.0. The average molecular weight is 395 g/mol. The average Bonchev–Trinajstić information content (AvgIpc) is 3.24. The molecule has 8 heteroatoms. The summed E-state index contributed by atoms with van der Waals surface area (Å²) in [7, 11) is 1.65. The number of hydrogen-bond acceptors (Lipinski definition) is 7. The van der Waals surface area contributed by atoms with Crippen LogP contribution in [0.4, 0.5) is 10.5 Å². The zero-order valence-corrected chi connectivity index (χ0v) is 15.8. The molecule has 4 rings (SSSR count). The first kappa shape index (κ1) is 18.1. The summed E-state index contributed by atoms with van der Waals surface area (Å²) in [6.45, 7) is 0.692. The fraction of sp³-hybridized carbons (Fsp3) is 0.150. The van der Waals surface area contributed by atoms with Gasteiger partial charge in [-0.3, -0.25) is 19.9 Å². The van der Waals surface area contributed by atoms with Gasteiger partial charge in [0.1, 0.15) is 11.5 Å². The highest BCUT2D eigenvalue weighted by Crippen LogP contribution is 2.30. The molecule has 1 aliphatic heterocycles. The normalized spacial score (nSPS) is 15.2. The van der Waals surface area contributed by atoms with Crippen molar-refractivity contribution in [3.8, 4) is 5.75 Å². The maximum absolute atomic E-state index is 11.7. The number of pyridine rings is 1. The number of aromatic nitrogens is 1. The van der Waals surface area contributed by atoms with Crippen LogP contribution >= 0.6 is 11.8 Å². The number of imide groups is 1. The van der Waals surface area contributed by atoms with Crippen molar-refractivity contribution in [3.63, 3.8) is 0 Å². The van der Waals surface area contributed by atoms with Crippen molar-refractivity contribution in [1.29, 1.82) is 0 Å². The number of nitrogens with zero attached hydrogens (tertiary/aromatic N) is 1. The fourth-order valence-electron chi connectivity index (χ4n) is 2.90. The minimum absolute atomic E-state index is 0.310. The number of thioether (sulfide) groups is 1. The molecule has 3 heterocycles. The lowest BCUT2D eigenvalue weighted by molar-refractivity contribution is -0.115. The monoisotopic (exact) mass is 395 g/mol. The molecule has 1 aromatic carbocycles. The van der Waals surface area contributed by atoms with Crippen LogP contribution in [0.5, 0.6) is 5.75 Å². The molecule has 142 valence electrons. The molecule has 3 aromatic rings. The van der Waals surface area contributed by atoms with Gasteiger partial charge in [-0.25, -0.2) is 0 Å². The number of carbonyl (C=O) groups excluding carboxylic acids is 2. The number of hydrogen-bond donors (Lipinski definition) is 2. The molecule has 0 aliphatic carbocycles. The molecule has 1 aliphatic rings. The number of rotatable bonds is 6. The Kier molecular flexibility index (Phi) is 5.03. The molecule has 1 fully saturated rings. The molecule has 0 radical (unpaired) electrons. The molecule has 0 spiro atoms. The zero-order chi connectivity index (χ0) is 19.5. The van der Waals surface area contributed by atoms with Gasteiger partial charge in [-0.15, -0.1) is 0 Å². The first-order valence-corrected chi connectivity index (χ1v) is 9.43. The Bertz CT molecular complexity index is 1090. The third-order valence-corrected chi connectivity index (χ3v) is 5.03. The fourth-order valence-corrected chi connectivity index (χ4v) is 3.56. The Balaban J connectivity index is 1.50. The van der Waals surface area contributed by atoms with E-state index in [1.54, 1.807) is 31.6 Å². The molecule has 2 aromatic heterocycles. The van der Waals surface area contributed by atoms with E-state index in [0.29, 0.717) is 22.8 Å². The highest BCUT2D eigenvalue weighted by atomic mass is 32.2. The molecule has 0 atom stereocenters. The quantitative estimate of drug-likeness (QED) is 0.613. The van der Waals surface area contributed by atoms with Crippen molar-refractivity contribution < 1.29 is 18.7 Å². The molecule has 0 bridgehead atoms. The molecule has 2 N–H and O–H groups in total. The van der Waals surface area contributed by atoms with E-state index in [2.05, 4.69) is 15.6 Å². The second-order valence-electron chi connectivity index (χ2n) is 6.13. The number of benzene rings is 1. The number of carbonyl (C=O) groups is 2. The van der Waals surface area contributed by atoms with Crippen molar-refractivity contribution >= 4 is 45.6 Å². The molecule has 1 saturated heterocycles. The van der Waals surface area contributed by atoms with E-state index in [0.717, 1.165) is 40.6 Å². The van der Waals surface area contributed by atoms with Crippen LogP contribution in [0.2, 0.25) is 0 Å². The predicted octanol–water partition coefficient (Wildman–Crippen LogP) is 3.81. The van der Waals surface area contributed by atoms with E-state index in [1.165, 1.54) is 0 Å². The largest absolute Gasteiger partial charge is 0.497 e. The standard InChI is InChI=1S/C20H17N3O4S/c1-26-14-4-2-3-12(7-14)5-6-22-16-11-21-10-13-8-15(27-18(13)16)9-17-19(24)23-20(25)28-17/h2-4,7-11,22H,5-6H2,1H3,(H,23,24,25)/b17-9-. The molecule has 28 heavy (non-hydrogen) atoms. The summed E-state index contributed by atoms with van der Waals surface area (Å²) < 4.78 is 11.1. The third-order valence-electron chi connectivity index (χ3n) is 4.22. The Hall–Kier alpha value is -3.26. The van der Waals surface area contributed by atoms with Crippen LogP contribution in [0.15, 0.2) is 52.0 Å². The van der Waals surface area contributed by atoms with Crippen molar-refractivity contribution in [3.05, 3.63) is 59.0 Å². The highest BCUT2D eigenvalue weighted by Gasteiger charge is 2.25. The van der Waals surface area contributed by atoms with Gasteiger partial charge in [0, 0.05) is 24.2 Å².